The van der Waals surface area contributed by atoms with E-state index in [1.54, 1.807) is 34.2 Å². The van der Waals surface area contributed by atoms with Crippen molar-refractivity contribution in [2.45, 2.75) is 13.3 Å². The summed E-state index contributed by atoms with van der Waals surface area (Å²) in [5.41, 5.74) is 7.05. The minimum Gasteiger partial charge on any atom is -0.384 e. The molecule has 0 aromatic carbocycles. The van der Waals surface area contributed by atoms with Crippen molar-refractivity contribution >= 4 is 17.6 Å². The van der Waals surface area contributed by atoms with Crippen LogP contribution < -0.4 is 5.73 Å². The van der Waals surface area contributed by atoms with Crippen LogP contribution in [0, 0.1) is 6.92 Å². The van der Waals surface area contributed by atoms with Gasteiger partial charge in [-0.2, -0.15) is 0 Å². The number of rotatable bonds is 2. The Kier molecular flexibility index (Phi) is 4.87. The summed E-state index contributed by atoms with van der Waals surface area (Å²) in [6.45, 7) is 3.85. The fourth-order valence-electron chi connectivity index (χ4n) is 2.72. The number of hydrogen-bond acceptors (Lipinski definition) is 6. The van der Waals surface area contributed by atoms with Gasteiger partial charge in [-0.3, -0.25) is 14.6 Å². The van der Waals surface area contributed by atoms with Crippen LogP contribution >= 0.6 is 0 Å². The Balaban J connectivity index is 1.67. The van der Waals surface area contributed by atoms with Gasteiger partial charge in [0.25, 0.3) is 11.8 Å². The molecule has 2 amide bonds. The second-order valence-corrected chi connectivity index (χ2v) is 5.93. The van der Waals surface area contributed by atoms with Gasteiger partial charge in [0, 0.05) is 32.4 Å². The second kappa shape index (κ2) is 7.25. The molecule has 25 heavy (non-hydrogen) atoms. The summed E-state index contributed by atoms with van der Waals surface area (Å²) in [5.74, 6) is -0.0176. The van der Waals surface area contributed by atoms with Crippen molar-refractivity contribution in [3.05, 3.63) is 47.7 Å². The number of carbonyl (C=O) groups excluding carboxylic acids is 2. The number of aryl methyl sites for hydroxylation is 1. The predicted molar refractivity (Wildman–Crippen MR) is 91.8 cm³/mol. The normalized spacial score (nSPS) is 14.9. The van der Waals surface area contributed by atoms with E-state index in [4.69, 9.17) is 5.73 Å². The van der Waals surface area contributed by atoms with Crippen LogP contribution in [0.15, 0.2) is 30.6 Å². The molecule has 0 saturated carbocycles. The van der Waals surface area contributed by atoms with Crippen LogP contribution in [0.2, 0.25) is 0 Å². The summed E-state index contributed by atoms with van der Waals surface area (Å²) in [6, 6.07) is 5.00. The van der Waals surface area contributed by atoms with Gasteiger partial charge >= 0.3 is 0 Å². The number of nitrogens with two attached hydrogens (primary N) is 1. The van der Waals surface area contributed by atoms with Crippen molar-refractivity contribution in [1.29, 1.82) is 0 Å². The lowest BCUT2D eigenvalue weighted by Gasteiger charge is -2.21. The zero-order valence-corrected chi connectivity index (χ0v) is 14.1. The van der Waals surface area contributed by atoms with Gasteiger partial charge < -0.3 is 15.5 Å². The minimum atomic E-state index is -0.170. The lowest BCUT2D eigenvalue weighted by Crippen LogP contribution is -2.38. The third kappa shape index (κ3) is 3.90. The first-order valence-electron chi connectivity index (χ1n) is 8.14. The van der Waals surface area contributed by atoms with Crippen LogP contribution in [0.5, 0.6) is 0 Å². The van der Waals surface area contributed by atoms with Gasteiger partial charge in [-0.15, -0.1) is 0 Å². The van der Waals surface area contributed by atoms with E-state index in [9.17, 15) is 9.59 Å². The highest BCUT2D eigenvalue weighted by Gasteiger charge is 2.24. The van der Waals surface area contributed by atoms with Gasteiger partial charge in [0.2, 0.25) is 0 Å². The van der Waals surface area contributed by atoms with E-state index in [0.29, 0.717) is 49.8 Å². The number of carbonyl (C=O) groups is 2. The summed E-state index contributed by atoms with van der Waals surface area (Å²) in [6.07, 6.45) is 3.76. The molecule has 8 heteroatoms. The quantitative estimate of drug-likeness (QED) is 0.865. The van der Waals surface area contributed by atoms with Crippen molar-refractivity contribution in [1.82, 2.24) is 24.8 Å². The highest BCUT2D eigenvalue weighted by Crippen LogP contribution is 2.11. The lowest BCUT2D eigenvalue weighted by molar-refractivity contribution is 0.0712. The highest BCUT2D eigenvalue weighted by molar-refractivity contribution is 5.93. The van der Waals surface area contributed by atoms with Crippen LogP contribution in [0.1, 0.15) is 33.1 Å². The molecule has 0 unspecified atom stereocenters. The SMILES string of the molecule is Cc1cnc(C(=O)N2CCCN(C(=O)c3cccc(N)n3)CC2)cn1. The maximum Gasteiger partial charge on any atom is 0.274 e. The number of nitrogens with zero attached hydrogens (tertiary/aromatic N) is 5. The van der Waals surface area contributed by atoms with Gasteiger partial charge in [-0.25, -0.2) is 9.97 Å². The topological polar surface area (TPSA) is 105 Å². The van der Waals surface area contributed by atoms with Crippen molar-refractivity contribution in [3.8, 4) is 0 Å². The van der Waals surface area contributed by atoms with Gasteiger partial charge in [0.15, 0.2) is 0 Å². The molecule has 0 radical (unpaired) electrons. The molecule has 2 aromatic rings. The van der Waals surface area contributed by atoms with Crippen molar-refractivity contribution in [2.75, 3.05) is 31.9 Å². The summed E-state index contributed by atoms with van der Waals surface area (Å²) in [7, 11) is 0. The maximum absolute atomic E-state index is 12.6. The third-order valence-electron chi connectivity index (χ3n) is 4.06. The van der Waals surface area contributed by atoms with Crippen molar-refractivity contribution in [2.24, 2.45) is 0 Å². The molecular formula is C17H20N6O2. The average Bonchev–Trinajstić information content (AvgIpc) is 2.87. The molecule has 2 aromatic heterocycles. The van der Waals surface area contributed by atoms with E-state index < -0.39 is 0 Å². The first kappa shape index (κ1) is 16.8. The van der Waals surface area contributed by atoms with E-state index in [2.05, 4.69) is 15.0 Å². The molecule has 1 fully saturated rings. The summed E-state index contributed by atoms with van der Waals surface area (Å²) < 4.78 is 0. The van der Waals surface area contributed by atoms with Gasteiger partial charge in [0.05, 0.1) is 11.9 Å². The van der Waals surface area contributed by atoms with E-state index in [1.165, 1.54) is 6.20 Å². The number of aromatic nitrogens is 3. The molecule has 0 aliphatic carbocycles. The Labute approximate surface area is 145 Å². The number of pyridine rings is 1. The second-order valence-electron chi connectivity index (χ2n) is 5.93. The number of hydrogen-bond donors (Lipinski definition) is 1. The van der Waals surface area contributed by atoms with Crippen LogP contribution in [-0.4, -0.2) is 62.7 Å². The molecule has 2 N–H and O–H groups in total. The monoisotopic (exact) mass is 340 g/mol. The van der Waals surface area contributed by atoms with Crippen molar-refractivity contribution in [3.63, 3.8) is 0 Å². The first-order chi connectivity index (χ1) is 12.0. The summed E-state index contributed by atoms with van der Waals surface area (Å²) >= 11 is 0. The average molecular weight is 340 g/mol. The molecule has 0 atom stereocenters. The van der Waals surface area contributed by atoms with Crippen LogP contribution in [0.3, 0.4) is 0 Å². The minimum absolute atomic E-state index is 0.163. The van der Waals surface area contributed by atoms with E-state index in [0.717, 1.165) is 5.69 Å². The maximum atomic E-state index is 12.6. The molecular weight excluding hydrogens is 320 g/mol. The molecule has 3 rings (SSSR count). The number of anilines is 1. The van der Waals surface area contributed by atoms with Crippen LogP contribution in [0.25, 0.3) is 0 Å². The zero-order valence-electron chi connectivity index (χ0n) is 14.1. The fourth-order valence-corrected chi connectivity index (χ4v) is 2.72. The highest BCUT2D eigenvalue weighted by atomic mass is 16.2. The molecule has 3 heterocycles. The van der Waals surface area contributed by atoms with E-state index in [1.807, 2.05) is 6.92 Å². The molecule has 1 saturated heterocycles. The van der Waals surface area contributed by atoms with Gasteiger partial charge in [-0.1, -0.05) is 6.07 Å². The largest absolute Gasteiger partial charge is 0.384 e. The smallest absolute Gasteiger partial charge is 0.274 e. The molecule has 1 aliphatic heterocycles. The third-order valence-corrected chi connectivity index (χ3v) is 4.06. The number of nitrogen functional groups attached to an aromatic ring is 1. The number of amides is 2. The Morgan fingerprint density at radius 1 is 0.960 bits per heavy atom. The molecule has 0 bridgehead atoms. The predicted octanol–water partition coefficient (Wildman–Crippen LogP) is 0.751. The summed E-state index contributed by atoms with van der Waals surface area (Å²) in [4.78, 5) is 40.9. The van der Waals surface area contributed by atoms with Crippen LogP contribution in [0.4, 0.5) is 5.82 Å². The lowest BCUT2D eigenvalue weighted by atomic mass is 10.3. The zero-order chi connectivity index (χ0) is 17.8. The van der Waals surface area contributed by atoms with E-state index in [-0.39, 0.29) is 11.8 Å². The van der Waals surface area contributed by atoms with E-state index >= 15 is 0 Å². The van der Waals surface area contributed by atoms with Crippen molar-refractivity contribution < 1.29 is 9.59 Å². The van der Waals surface area contributed by atoms with Crippen LogP contribution in [-0.2, 0) is 0 Å². The first-order valence-corrected chi connectivity index (χ1v) is 8.14. The Morgan fingerprint density at radius 3 is 2.24 bits per heavy atom. The molecule has 0 spiro atoms. The Morgan fingerprint density at radius 2 is 1.64 bits per heavy atom. The van der Waals surface area contributed by atoms with Gasteiger partial charge in [0.1, 0.15) is 17.2 Å². The Bertz CT molecular complexity index is 777. The summed E-state index contributed by atoms with van der Waals surface area (Å²) in [5, 5.41) is 0. The Hall–Kier alpha value is -3.03. The molecule has 1 aliphatic rings. The molecule has 130 valence electrons. The molecule has 8 nitrogen and oxygen atoms in total. The fraction of sp³-hybridized carbons (Fsp3) is 0.353. The standard InChI is InChI=1S/C17H20N6O2/c1-12-10-20-14(11-19-12)17(25)23-7-3-6-22(8-9-23)16(24)13-4-2-5-15(18)21-13/h2,4-5,10-11H,3,6-9H2,1H3,(H2,18,21). The van der Waals surface area contributed by atoms with Gasteiger partial charge in [-0.05, 0) is 25.5 Å².